The first kappa shape index (κ1) is 17.6. The van der Waals surface area contributed by atoms with Gasteiger partial charge >= 0.3 is 0 Å². The monoisotopic (exact) mass is 376 g/mol. The van der Waals surface area contributed by atoms with E-state index in [4.69, 9.17) is 14.7 Å². The van der Waals surface area contributed by atoms with E-state index in [0.29, 0.717) is 12.4 Å². The zero-order valence-electron chi connectivity index (χ0n) is 15.2. The summed E-state index contributed by atoms with van der Waals surface area (Å²) < 4.78 is 5.26. The predicted octanol–water partition coefficient (Wildman–Crippen LogP) is 4.87. The maximum absolute atomic E-state index is 5.26. The number of anilines is 1. The van der Waals surface area contributed by atoms with Crippen molar-refractivity contribution in [2.75, 3.05) is 19.0 Å². The molecule has 1 aromatic carbocycles. The van der Waals surface area contributed by atoms with E-state index in [1.807, 2.05) is 30.3 Å². The highest BCUT2D eigenvalue weighted by atomic mass is 32.1. The van der Waals surface area contributed by atoms with E-state index in [0.717, 1.165) is 21.6 Å². The largest absolute Gasteiger partial charge is 0.383 e. The van der Waals surface area contributed by atoms with Crippen molar-refractivity contribution >= 4 is 27.4 Å². The molecule has 0 radical (unpaired) electrons. The Labute approximate surface area is 162 Å². The molecule has 1 unspecified atom stereocenters. The van der Waals surface area contributed by atoms with E-state index in [1.54, 1.807) is 30.8 Å². The van der Waals surface area contributed by atoms with Gasteiger partial charge < -0.3 is 10.1 Å². The number of hydrogen-bond acceptors (Lipinski definition) is 6. The van der Waals surface area contributed by atoms with E-state index in [9.17, 15) is 0 Å². The Morgan fingerprint density at radius 1 is 1.07 bits per heavy atom. The summed E-state index contributed by atoms with van der Waals surface area (Å²) in [6.45, 7) is 2.68. The van der Waals surface area contributed by atoms with E-state index in [-0.39, 0.29) is 6.04 Å². The maximum Gasteiger partial charge on any atom is 0.164 e. The molecule has 27 heavy (non-hydrogen) atoms. The number of ether oxygens (including phenoxy) is 1. The summed E-state index contributed by atoms with van der Waals surface area (Å²) in [5.74, 6) is 1.49. The molecule has 0 spiro atoms. The smallest absolute Gasteiger partial charge is 0.164 e. The lowest BCUT2D eigenvalue weighted by molar-refractivity contribution is 0.190. The highest BCUT2D eigenvalue weighted by Crippen LogP contribution is 2.36. The van der Waals surface area contributed by atoms with Crippen LogP contribution in [-0.2, 0) is 4.74 Å². The van der Waals surface area contributed by atoms with Crippen molar-refractivity contribution in [3.63, 3.8) is 0 Å². The Kier molecular flexibility index (Phi) is 5.09. The zero-order chi connectivity index (χ0) is 18.6. The van der Waals surface area contributed by atoms with Gasteiger partial charge in [0.1, 0.15) is 10.6 Å². The van der Waals surface area contributed by atoms with E-state index in [1.165, 1.54) is 10.4 Å². The van der Waals surface area contributed by atoms with Crippen molar-refractivity contribution in [1.82, 2.24) is 15.0 Å². The fourth-order valence-corrected chi connectivity index (χ4v) is 3.96. The minimum Gasteiger partial charge on any atom is -0.383 e. The maximum atomic E-state index is 5.26. The van der Waals surface area contributed by atoms with Crippen molar-refractivity contribution in [2.45, 2.75) is 13.0 Å². The number of thiophene rings is 1. The molecule has 0 fully saturated rings. The molecule has 136 valence electrons. The number of methoxy groups -OCH3 is 1. The molecule has 0 aliphatic rings. The third-order valence-electron chi connectivity index (χ3n) is 4.17. The molecule has 4 aromatic rings. The molecule has 3 aromatic heterocycles. The standard InChI is InChI=1S/C21H20N4OS/c1-14(13-26-2)23-20-17-11-18(15-7-4-3-5-8-15)27-21(17)25-19(24-20)16-9-6-10-22-12-16/h3-12,14H,13H2,1-2H3,(H,23,24,25). The van der Waals surface area contributed by atoms with Gasteiger partial charge in [0.25, 0.3) is 0 Å². The van der Waals surface area contributed by atoms with Crippen molar-refractivity contribution in [3.05, 3.63) is 60.9 Å². The highest BCUT2D eigenvalue weighted by Gasteiger charge is 2.15. The lowest BCUT2D eigenvalue weighted by Gasteiger charge is -2.14. The Bertz CT molecular complexity index is 1030. The average Bonchev–Trinajstić information content (AvgIpc) is 3.14. The summed E-state index contributed by atoms with van der Waals surface area (Å²) >= 11 is 1.67. The Hall–Kier alpha value is -2.83. The molecule has 4 rings (SSSR count). The number of rotatable bonds is 6. The van der Waals surface area contributed by atoms with Crippen LogP contribution in [-0.4, -0.2) is 34.7 Å². The minimum atomic E-state index is 0.134. The van der Waals surface area contributed by atoms with Crippen molar-refractivity contribution < 1.29 is 4.74 Å². The quantitative estimate of drug-likeness (QED) is 0.520. The van der Waals surface area contributed by atoms with Gasteiger partial charge in [0.05, 0.1) is 12.0 Å². The first-order valence-electron chi connectivity index (χ1n) is 8.77. The average molecular weight is 376 g/mol. The van der Waals surface area contributed by atoms with Crippen LogP contribution in [0.4, 0.5) is 5.82 Å². The fourth-order valence-electron chi connectivity index (χ4n) is 2.93. The van der Waals surface area contributed by atoms with Gasteiger partial charge in [0.2, 0.25) is 0 Å². The van der Waals surface area contributed by atoms with Crippen LogP contribution >= 0.6 is 11.3 Å². The molecule has 0 saturated heterocycles. The van der Waals surface area contributed by atoms with E-state index in [2.05, 4.69) is 35.4 Å². The van der Waals surface area contributed by atoms with Gasteiger partial charge in [0.15, 0.2) is 5.82 Å². The summed E-state index contributed by atoms with van der Waals surface area (Å²) in [7, 11) is 1.70. The SMILES string of the molecule is COCC(C)Nc1nc(-c2cccnc2)nc2sc(-c3ccccc3)cc12. The number of benzene rings is 1. The Balaban J connectivity index is 1.84. The molecule has 0 saturated carbocycles. The van der Waals surface area contributed by atoms with Crippen LogP contribution in [0.1, 0.15) is 6.92 Å². The summed E-state index contributed by atoms with van der Waals surface area (Å²) in [6.07, 6.45) is 3.54. The predicted molar refractivity (Wildman–Crippen MR) is 111 cm³/mol. The lowest BCUT2D eigenvalue weighted by Crippen LogP contribution is -2.21. The summed E-state index contributed by atoms with van der Waals surface area (Å²) in [5, 5.41) is 4.49. The van der Waals surface area contributed by atoms with Crippen LogP contribution < -0.4 is 5.32 Å². The second-order valence-corrected chi connectivity index (χ2v) is 7.36. The van der Waals surface area contributed by atoms with Crippen LogP contribution in [0.5, 0.6) is 0 Å². The van der Waals surface area contributed by atoms with Crippen LogP contribution in [0.25, 0.3) is 32.0 Å². The van der Waals surface area contributed by atoms with Crippen molar-refractivity contribution in [3.8, 4) is 21.8 Å². The number of nitrogens with one attached hydrogen (secondary N) is 1. The second-order valence-electron chi connectivity index (χ2n) is 6.33. The van der Waals surface area contributed by atoms with Crippen LogP contribution in [0.3, 0.4) is 0 Å². The van der Waals surface area contributed by atoms with Crippen LogP contribution in [0.2, 0.25) is 0 Å². The number of hydrogen-bond donors (Lipinski definition) is 1. The van der Waals surface area contributed by atoms with Gasteiger partial charge in [0, 0.05) is 36.0 Å². The topological polar surface area (TPSA) is 59.9 Å². The van der Waals surface area contributed by atoms with Gasteiger partial charge in [-0.3, -0.25) is 4.98 Å². The molecule has 0 bridgehead atoms. The molecule has 1 N–H and O–H groups in total. The van der Waals surface area contributed by atoms with Gasteiger partial charge in [-0.05, 0) is 30.7 Å². The number of nitrogens with zero attached hydrogens (tertiary/aromatic N) is 3. The Morgan fingerprint density at radius 3 is 2.63 bits per heavy atom. The molecule has 0 aliphatic heterocycles. The molecule has 6 heteroatoms. The molecule has 3 heterocycles. The molecule has 1 atom stereocenters. The first-order valence-corrected chi connectivity index (χ1v) is 9.59. The first-order chi connectivity index (χ1) is 13.2. The summed E-state index contributed by atoms with van der Waals surface area (Å²) in [4.78, 5) is 15.9. The second kappa shape index (κ2) is 7.82. The number of pyridine rings is 1. The fraction of sp³-hybridized carbons (Fsp3) is 0.190. The highest BCUT2D eigenvalue weighted by molar-refractivity contribution is 7.21. The zero-order valence-corrected chi connectivity index (χ0v) is 16.0. The van der Waals surface area contributed by atoms with E-state index < -0.39 is 0 Å². The third kappa shape index (κ3) is 3.82. The number of aromatic nitrogens is 3. The van der Waals surface area contributed by atoms with Gasteiger partial charge in [-0.2, -0.15) is 0 Å². The van der Waals surface area contributed by atoms with Crippen molar-refractivity contribution in [1.29, 1.82) is 0 Å². The van der Waals surface area contributed by atoms with Gasteiger partial charge in [-0.1, -0.05) is 30.3 Å². The molecule has 5 nitrogen and oxygen atoms in total. The van der Waals surface area contributed by atoms with Gasteiger partial charge in [-0.15, -0.1) is 11.3 Å². The molecular formula is C21H20N4OS. The molecule has 0 aliphatic carbocycles. The molecule has 0 amide bonds. The number of fused-ring (bicyclic) bond motifs is 1. The normalized spacial score (nSPS) is 12.2. The summed E-state index contributed by atoms with van der Waals surface area (Å²) in [5.41, 5.74) is 2.08. The lowest BCUT2D eigenvalue weighted by atomic mass is 10.2. The van der Waals surface area contributed by atoms with Crippen molar-refractivity contribution in [2.24, 2.45) is 0 Å². The van der Waals surface area contributed by atoms with Crippen LogP contribution in [0, 0.1) is 0 Å². The van der Waals surface area contributed by atoms with Gasteiger partial charge in [-0.25, -0.2) is 9.97 Å². The molecular weight excluding hydrogens is 356 g/mol. The minimum absolute atomic E-state index is 0.134. The Morgan fingerprint density at radius 2 is 1.89 bits per heavy atom. The van der Waals surface area contributed by atoms with E-state index >= 15 is 0 Å². The van der Waals surface area contributed by atoms with Crippen LogP contribution in [0.15, 0.2) is 60.9 Å². The summed E-state index contributed by atoms with van der Waals surface area (Å²) in [6, 6.07) is 16.5. The third-order valence-corrected chi connectivity index (χ3v) is 5.25.